The van der Waals surface area contributed by atoms with Crippen LogP contribution in [0.1, 0.15) is 38.7 Å². The first-order valence-corrected chi connectivity index (χ1v) is 11.0. The number of hydrogen-bond acceptors (Lipinski definition) is 7. The summed E-state index contributed by atoms with van der Waals surface area (Å²) in [6, 6.07) is 1.55. The highest BCUT2D eigenvalue weighted by atomic mass is 35.5. The van der Waals surface area contributed by atoms with Gasteiger partial charge in [0.05, 0.1) is 30.0 Å². The van der Waals surface area contributed by atoms with Gasteiger partial charge in [0.25, 0.3) is 5.91 Å². The maximum Gasteiger partial charge on any atom is 0.271 e. The third kappa shape index (κ3) is 5.77. The number of aromatic nitrogens is 1. The molecule has 2 aliphatic rings. The average Bonchev–Trinajstić information content (AvgIpc) is 2.75. The molecule has 2 aliphatic heterocycles. The predicted molar refractivity (Wildman–Crippen MR) is 122 cm³/mol. The number of nitrogens with one attached hydrogen (secondary N) is 2. The van der Waals surface area contributed by atoms with Crippen molar-refractivity contribution in [2.24, 2.45) is 11.7 Å². The van der Waals surface area contributed by atoms with E-state index in [9.17, 15) is 9.59 Å². The molecule has 3 rings (SSSR count). The van der Waals surface area contributed by atoms with Crippen LogP contribution in [-0.4, -0.2) is 65.9 Å². The highest BCUT2D eigenvalue weighted by molar-refractivity contribution is 6.43. The van der Waals surface area contributed by atoms with Gasteiger partial charge in [0.1, 0.15) is 5.71 Å². The molecule has 0 bridgehead atoms. The van der Waals surface area contributed by atoms with Crippen LogP contribution in [0.15, 0.2) is 18.3 Å². The minimum absolute atomic E-state index is 0.00843. The van der Waals surface area contributed by atoms with Crippen LogP contribution >= 0.6 is 11.6 Å². The number of rotatable bonds is 7. The quantitative estimate of drug-likeness (QED) is 0.530. The Morgan fingerprint density at radius 3 is 2.69 bits per heavy atom. The number of piperidine rings is 1. The summed E-state index contributed by atoms with van der Waals surface area (Å²) < 4.78 is 10.8. The predicted octanol–water partition coefficient (Wildman–Crippen LogP) is 1.99. The second-order valence-electron chi connectivity index (χ2n) is 8.74. The van der Waals surface area contributed by atoms with E-state index in [0.717, 1.165) is 6.42 Å². The average molecular weight is 464 g/mol. The number of nitrogens with zero attached hydrogens (tertiary/aromatic N) is 2. The maximum absolute atomic E-state index is 12.7. The van der Waals surface area contributed by atoms with Crippen molar-refractivity contribution in [1.82, 2.24) is 15.2 Å². The number of hydrogen-bond donors (Lipinski definition) is 3. The Morgan fingerprint density at radius 2 is 2.09 bits per heavy atom. The molecule has 32 heavy (non-hydrogen) atoms. The molecule has 4 N–H and O–H groups in total. The van der Waals surface area contributed by atoms with E-state index < -0.39 is 5.91 Å². The van der Waals surface area contributed by atoms with Crippen molar-refractivity contribution in [3.05, 3.63) is 28.9 Å². The molecule has 0 spiro atoms. The van der Waals surface area contributed by atoms with Gasteiger partial charge in [0.2, 0.25) is 11.8 Å². The SMILES string of the molecule is COc1cc(/C(N)=C/C(=N)C(=O)N2CCC(C(=O)NCC3CC(C)(C)O3)CC2)c(Cl)cn1. The van der Waals surface area contributed by atoms with E-state index in [1.54, 1.807) is 11.0 Å². The van der Waals surface area contributed by atoms with Crippen LogP contribution in [-0.2, 0) is 14.3 Å². The van der Waals surface area contributed by atoms with Crippen molar-refractivity contribution < 1.29 is 19.1 Å². The topological polar surface area (TPSA) is 131 Å². The highest BCUT2D eigenvalue weighted by Gasteiger charge is 2.37. The van der Waals surface area contributed by atoms with Gasteiger partial charge in [0, 0.05) is 49.3 Å². The van der Waals surface area contributed by atoms with Crippen LogP contribution < -0.4 is 15.8 Å². The lowest BCUT2D eigenvalue weighted by Gasteiger charge is -2.43. The van der Waals surface area contributed by atoms with Crippen LogP contribution in [0.5, 0.6) is 5.88 Å². The smallest absolute Gasteiger partial charge is 0.271 e. The van der Waals surface area contributed by atoms with E-state index in [1.807, 2.05) is 13.8 Å². The van der Waals surface area contributed by atoms with Crippen LogP contribution in [0.25, 0.3) is 5.70 Å². The second kappa shape index (κ2) is 9.87. The van der Waals surface area contributed by atoms with Gasteiger partial charge in [-0.3, -0.25) is 15.0 Å². The summed E-state index contributed by atoms with van der Waals surface area (Å²) in [4.78, 5) is 30.7. The first-order chi connectivity index (χ1) is 15.1. The number of methoxy groups -OCH3 is 1. The molecule has 10 heteroatoms. The summed E-state index contributed by atoms with van der Waals surface area (Å²) in [6.07, 6.45) is 4.78. The number of carbonyl (C=O) groups is 2. The monoisotopic (exact) mass is 463 g/mol. The molecule has 2 saturated heterocycles. The fourth-order valence-corrected chi connectivity index (χ4v) is 4.24. The number of halogens is 1. The Labute approximate surface area is 192 Å². The number of ether oxygens (including phenoxy) is 2. The van der Waals surface area contributed by atoms with Gasteiger partial charge in [0.15, 0.2) is 0 Å². The Morgan fingerprint density at radius 1 is 1.44 bits per heavy atom. The molecular formula is C22H30ClN5O4. The maximum atomic E-state index is 12.7. The lowest BCUT2D eigenvalue weighted by Crippen LogP contribution is -2.52. The third-order valence-electron chi connectivity index (χ3n) is 5.74. The van der Waals surface area contributed by atoms with Crippen LogP contribution in [0, 0.1) is 11.3 Å². The van der Waals surface area contributed by atoms with Gasteiger partial charge in [-0.25, -0.2) is 4.98 Å². The molecule has 2 amide bonds. The summed E-state index contributed by atoms with van der Waals surface area (Å²) in [5.41, 5.74) is 6.32. The van der Waals surface area contributed by atoms with Crippen LogP contribution in [0.2, 0.25) is 5.02 Å². The van der Waals surface area contributed by atoms with Gasteiger partial charge in [-0.1, -0.05) is 11.6 Å². The summed E-state index contributed by atoms with van der Waals surface area (Å²) >= 11 is 6.13. The Bertz CT molecular complexity index is 917. The molecule has 1 unspecified atom stereocenters. The van der Waals surface area contributed by atoms with Gasteiger partial charge in [-0.05, 0) is 32.8 Å². The fourth-order valence-electron chi connectivity index (χ4n) is 4.02. The number of amides is 2. The Balaban J connectivity index is 1.49. The molecule has 0 aromatic carbocycles. The van der Waals surface area contributed by atoms with Gasteiger partial charge < -0.3 is 25.4 Å². The molecule has 1 atom stereocenters. The molecule has 3 heterocycles. The molecular weight excluding hydrogens is 434 g/mol. The molecule has 2 fully saturated rings. The lowest BCUT2D eigenvalue weighted by molar-refractivity contribution is -0.182. The first-order valence-electron chi connectivity index (χ1n) is 10.6. The lowest BCUT2D eigenvalue weighted by atomic mass is 9.92. The number of pyridine rings is 1. The van der Waals surface area contributed by atoms with Crippen molar-refractivity contribution in [3.8, 4) is 5.88 Å². The van der Waals surface area contributed by atoms with Gasteiger partial charge >= 0.3 is 0 Å². The van der Waals surface area contributed by atoms with E-state index in [0.29, 0.717) is 48.9 Å². The molecule has 9 nitrogen and oxygen atoms in total. The fraction of sp³-hybridized carbons (Fsp3) is 0.545. The van der Waals surface area contributed by atoms with Crippen molar-refractivity contribution in [2.75, 3.05) is 26.7 Å². The minimum Gasteiger partial charge on any atom is -0.481 e. The summed E-state index contributed by atoms with van der Waals surface area (Å²) in [6.45, 7) is 5.38. The number of carbonyl (C=O) groups excluding carboxylic acids is 2. The normalized spacial score (nSPS) is 20.9. The van der Waals surface area contributed by atoms with Crippen molar-refractivity contribution in [1.29, 1.82) is 5.41 Å². The Kier molecular flexibility index (Phi) is 7.40. The van der Waals surface area contributed by atoms with E-state index in [2.05, 4.69) is 10.3 Å². The molecule has 1 aromatic heterocycles. The van der Waals surface area contributed by atoms with Crippen molar-refractivity contribution in [3.63, 3.8) is 0 Å². The summed E-state index contributed by atoms with van der Waals surface area (Å²) in [5.74, 6) is -0.267. The Hall–Kier alpha value is -2.65. The second-order valence-corrected chi connectivity index (χ2v) is 9.14. The number of nitrogens with two attached hydrogens (primary N) is 1. The zero-order valence-corrected chi connectivity index (χ0v) is 19.4. The molecule has 0 radical (unpaired) electrons. The molecule has 174 valence electrons. The molecule has 1 aromatic rings. The zero-order chi connectivity index (χ0) is 23.5. The number of likely N-dealkylation sites (tertiary alicyclic amines) is 1. The van der Waals surface area contributed by atoms with Gasteiger partial charge in [-0.15, -0.1) is 0 Å². The van der Waals surface area contributed by atoms with E-state index in [4.69, 9.17) is 32.2 Å². The highest BCUT2D eigenvalue weighted by Crippen LogP contribution is 2.31. The van der Waals surface area contributed by atoms with Gasteiger partial charge in [-0.2, -0.15) is 0 Å². The summed E-state index contributed by atoms with van der Waals surface area (Å²) in [7, 11) is 1.47. The van der Waals surface area contributed by atoms with Crippen LogP contribution in [0.4, 0.5) is 0 Å². The largest absolute Gasteiger partial charge is 0.481 e. The van der Waals surface area contributed by atoms with E-state index in [-0.39, 0.29) is 34.9 Å². The van der Waals surface area contributed by atoms with E-state index >= 15 is 0 Å². The standard InChI is InChI=1S/C22H30ClN5O4/c1-22(2)10-14(32-22)11-27-20(29)13-4-6-28(7-5-13)21(30)18(25)9-17(24)15-8-19(31-3)26-12-16(15)23/h8-9,12-14,25H,4-7,10-11,24H2,1-3H3,(H,27,29)/b17-9-,25-18?. The molecule has 0 aliphatic carbocycles. The van der Waals surface area contributed by atoms with E-state index in [1.165, 1.54) is 19.4 Å². The first kappa shape index (κ1) is 24.0. The minimum atomic E-state index is -0.436. The van der Waals surface area contributed by atoms with Crippen LogP contribution in [0.3, 0.4) is 0 Å². The van der Waals surface area contributed by atoms with Crippen molar-refractivity contribution >= 4 is 34.8 Å². The zero-order valence-electron chi connectivity index (χ0n) is 18.6. The third-order valence-corrected chi connectivity index (χ3v) is 6.04. The summed E-state index contributed by atoms with van der Waals surface area (Å²) in [5, 5.41) is 11.4. The van der Waals surface area contributed by atoms with Crippen molar-refractivity contribution in [2.45, 2.75) is 44.8 Å². The molecule has 0 saturated carbocycles.